The Labute approximate surface area is 193 Å². The number of nitrogens with zero attached hydrogens (tertiary/aromatic N) is 1. The Kier molecular flexibility index (Phi) is 6.87. The monoisotopic (exact) mass is 476 g/mol. The molecular formula is C23H19F3N2O4S. The minimum Gasteiger partial charge on any atom is -0.504 e. The standard InChI is InChI=1S/C23H19F3N2O4S/c1-3-6-14-9-13(11-18(19(14)29)32-4-2)10-17-20(30)27-22(33)28(21(17)31)16-8-5-7-15(12-16)23(24,25)26/h3,5,7-12,29H,1,4,6H2,2H3,(H,27,30,33)/b17-10+. The maximum absolute atomic E-state index is 13.1. The molecule has 10 heteroatoms. The van der Waals surface area contributed by atoms with Gasteiger partial charge >= 0.3 is 6.18 Å². The van der Waals surface area contributed by atoms with Crippen LogP contribution in [0.2, 0.25) is 0 Å². The number of nitrogens with one attached hydrogen (secondary N) is 1. The SMILES string of the molecule is C=CCc1cc(/C=C2\C(=O)NC(=S)N(c3cccc(C(F)(F)F)c3)C2=O)cc(OCC)c1O. The molecule has 1 fully saturated rings. The first-order chi connectivity index (χ1) is 15.6. The Bertz CT molecular complexity index is 1170. The van der Waals surface area contributed by atoms with Crippen LogP contribution in [0.4, 0.5) is 18.9 Å². The molecule has 0 radical (unpaired) electrons. The molecular weight excluding hydrogens is 457 g/mol. The largest absolute Gasteiger partial charge is 0.504 e. The zero-order chi connectivity index (χ0) is 24.3. The molecule has 1 heterocycles. The van der Waals surface area contributed by atoms with Gasteiger partial charge < -0.3 is 9.84 Å². The number of rotatable bonds is 6. The van der Waals surface area contributed by atoms with Gasteiger partial charge in [0, 0.05) is 5.56 Å². The number of phenolic OH excluding ortho intramolecular Hbond substituents is 1. The molecule has 2 amide bonds. The lowest BCUT2D eigenvalue weighted by molar-refractivity contribution is -0.137. The molecule has 2 aromatic carbocycles. The van der Waals surface area contributed by atoms with Gasteiger partial charge in [-0.15, -0.1) is 6.58 Å². The zero-order valence-electron chi connectivity index (χ0n) is 17.4. The van der Waals surface area contributed by atoms with E-state index in [9.17, 15) is 27.9 Å². The van der Waals surface area contributed by atoms with Crippen molar-refractivity contribution in [2.75, 3.05) is 11.5 Å². The van der Waals surface area contributed by atoms with E-state index in [1.54, 1.807) is 19.1 Å². The molecule has 0 bridgehead atoms. The molecule has 0 atom stereocenters. The van der Waals surface area contributed by atoms with E-state index in [0.717, 1.165) is 23.1 Å². The number of anilines is 1. The van der Waals surface area contributed by atoms with Gasteiger partial charge in [-0.05, 0) is 67.5 Å². The van der Waals surface area contributed by atoms with E-state index in [4.69, 9.17) is 17.0 Å². The number of carbonyl (C=O) groups is 2. The first-order valence-electron chi connectivity index (χ1n) is 9.75. The van der Waals surface area contributed by atoms with E-state index in [1.807, 2.05) is 0 Å². The van der Waals surface area contributed by atoms with E-state index in [-0.39, 0.29) is 34.5 Å². The van der Waals surface area contributed by atoms with Crippen LogP contribution in [0.5, 0.6) is 11.5 Å². The summed E-state index contributed by atoms with van der Waals surface area (Å²) in [5.41, 5.74) is -0.635. The minimum absolute atomic E-state index is 0.0925. The topological polar surface area (TPSA) is 78.9 Å². The van der Waals surface area contributed by atoms with Gasteiger partial charge in [-0.3, -0.25) is 19.8 Å². The second-order valence-electron chi connectivity index (χ2n) is 6.96. The molecule has 1 saturated heterocycles. The molecule has 3 rings (SSSR count). The first-order valence-corrected chi connectivity index (χ1v) is 10.2. The van der Waals surface area contributed by atoms with Crippen LogP contribution in [0.3, 0.4) is 0 Å². The van der Waals surface area contributed by atoms with Gasteiger partial charge in [0.1, 0.15) is 5.57 Å². The fourth-order valence-electron chi connectivity index (χ4n) is 3.23. The molecule has 0 saturated carbocycles. The lowest BCUT2D eigenvalue weighted by atomic mass is 10.0. The lowest BCUT2D eigenvalue weighted by Crippen LogP contribution is -2.54. The quantitative estimate of drug-likeness (QED) is 0.280. The highest BCUT2D eigenvalue weighted by Crippen LogP contribution is 2.35. The maximum atomic E-state index is 13.1. The number of thiocarbonyl (C=S) groups is 1. The van der Waals surface area contributed by atoms with E-state index in [0.29, 0.717) is 17.5 Å². The van der Waals surface area contributed by atoms with Crippen LogP contribution in [0.1, 0.15) is 23.6 Å². The normalized spacial score (nSPS) is 15.6. The van der Waals surface area contributed by atoms with Crippen molar-refractivity contribution in [1.29, 1.82) is 0 Å². The van der Waals surface area contributed by atoms with Gasteiger partial charge in [0.15, 0.2) is 16.6 Å². The molecule has 1 aliphatic rings. The molecule has 33 heavy (non-hydrogen) atoms. The third-order valence-electron chi connectivity index (χ3n) is 4.68. The van der Waals surface area contributed by atoms with E-state index in [1.165, 1.54) is 18.2 Å². The van der Waals surface area contributed by atoms with Gasteiger partial charge in [-0.2, -0.15) is 13.2 Å². The van der Waals surface area contributed by atoms with Crippen molar-refractivity contribution in [2.24, 2.45) is 0 Å². The van der Waals surface area contributed by atoms with Crippen molar-refractivity contribution in [3.63, 3.8) is 0 Å². The number of aromatic hydroxyl groups is 1. The summed E-state index contributed by atoms with van der Waals surface area (Å²) < 4.78 is 44.8. The smallest absolute Gasteiger partial charge is 0.416 e. The van der Waals surface area contributed by atoms with Crippen molar-refractivity contribution in [3.05, 3.63) is 71.3 Å². The van der Waals surface area contributed by atoms with E-state index >= 15 is 0 Å². The van der Waals surface area contributed by atoms with Crippen LogP contribution >= 0.6 is 12.2 Å². The van der Waals surface area contributed by atoms with Crippen molar-refractivity contribution in [1.82, 2.24) is 5.32 Å². The fraction of sp³-hybridized carbons (Fsp3) is 0.174. The van der Waals surface area contributed by atoms with Crippen molar-refractivity contribution >= 4 is 40.9 Å². The summed E-state index contributed by atoms with van der Waals surface area (Å²) >= 11 is 5.05. The van der Waals surface area contributed by atoms with Gasteiger partial charge in [-0.25, -0.2) is 0 Å². The minimum atomic E-state index is -4.62. The molecule has 0 aliphatic carbocycles. The molecule has 2 aromatic rings. The molecule has 0 aromatic heterocycles. The van der Waals surface area contributed by atoms with Crippen molar-refractivity contribution < 1.29 is 32.6 Å². The number of allylic oxidation sites excluding steroid dienone is 1. The second kappa shape index (κ2) is 9.45. The van der Waals surface area contributed by atoms with Crippen LogP contribution in [-0.2, 0) is 22.2 Å². The van der Waals surface area contributed by atoms with Crippen molar-refractivity contribution in [2.45, 2.75) is 19.5 Å². The number of benzene rings is 2. The lowest BCUT2D eigenvalue weighted by Gasteiger charge is -2.29. The second-order valence-corrected chi connectivity index (χ2v) is 7.35. The summed E-state index contributed by atoms with van der Waals surface area (Å²) in [4.78, 5) is 26.5. The number of hydrogen-bond donors (Lipinski definition) is 2. The Hall–Kier alpha value is -3.66. The number of carbonyl (C=O) groups excluding carboxylic acids is 2. The molecule has 0 unspecified atom stereocenters. The van der Waals surface area contributed by atoms with Gasteiger partial charge in [0.25, 0.3) is 11.8 Å². The number of ether oxygens (including phenoxy) is 1. The van der Waals surface area contributed by atoms with Crippen LogP contribution in [0, 0.1) is 0 Å². The Balaban J connectivity index is 2.07. The summed E-state index contributed by atoms with van der Waals surface area (Å²) in [7, 11) is 0. The first kappa shape index (κ1) is 24.0. The number of phenols is 1. The number of halogens is 3. The highest BCUT2D eigenvalue weighted by molar-refractivity contribution is 7.80. The van der Waals surface area contributed by atoms with Gasteiger partial charge in [0.05, 0.1) is 17.9 Å². The fourth-order valence-corrected chi connectivity index (χ4v) is 3.51. The average Bonchev–Trinajstić information content (AvgIpc) is 2.74. The zero-order valence-corrected chi connectivity index (χ0v) is 18.2. The number of hydrogen-bond acceptors (Lipinski definition) is 5. The highest BCUT2D eigenvalue weighted by atomic mass is 32.1. The molecule has 172 valence electrons. The number of alkyl halides is 3. The predicted octanol–water partition coefficient (Wildman–Crippen LogP) is 4.37. The highest BCUT2D eigenvalue weighted by Gasteiger charge is 2.36. The molecule has 1 aliphatic heterocycles. The Morgan fingerprint density at radius 1 is 1.24 bits per heavy atom. The summed E-state index contributed by atoms with van der Waals surface area (Å²) in [5.74, 6) is -1.63. The third kappa shape index (κ3) is 5.06. The maximum Gasteiger partial charge on any atom is 0.416 e. The van der Waals surface area contributed by atoms with Gasteiger partial charge in [0.2, 0.25) is 0 Å². The average molecular weight is 476 g/mol. The van der Waals surface area contributed by atoms with Crippen LogP contribution in [0.15, 0.2) is 54.6 Å². The van der Waals surface area contributed by atoms with Crippen molar-refractivity contribution in [3.8, 4) is 11.5 Å². The Morgan fingerprint density at radius 2 is 1.97 bits per heavy atom. The predicted molar refractivity (Wildman–Crippen MR) is 121 cm³/mol. The van der Waals surface area contributed by atoms with Crippen LogP contribution in [0.25, 0.3) is 6.08 Å². The molecule has 2 N–H and O–H groups in total. The summed E-state index contributed by atoms with van der Waals surface area (Å²) in [6, 6.07) is 7.06. The van der Waals surface area contributed by atoms with Crippen LogP contribution < -0.4 is 15.0 Å². The Morgan fingerprint density at radius 3 is 2.61 bits per heavy atom. The summed E-state index contributed by atoms with van der Waals surface area (Å²) in [6.45, 7) is 5.62. The van der Waals surface area contributed by atoms with Crippen LogP contribution in [-0.4, -0.2) is 28.6 Å². The third-order valence-corrected chi connectivity index (χ3v) is 4.97. The van der Waals surface area contributed by atoms with E-state index < -0.39 is 23.6 Å². The molecule has 0 spiro atoms. The number of amides is 2. The molecule has 6 nitrogen and oxygen atoms in total. The van der Waals surface area contributed by atoms with E-state index in [2.05, 4.69) is 11.9 Å². The summed E-state index contributed by atoms with van der Waals surface area (Å²) in [5, 5.41) is 12.3. The summed E-state index contributed by atoms with van der Waals surface area (Å²) in [6.07, 6.45) is -1.51. The van der Waals surface area contributed by atoms with Gasteiger partial charge in [-0.1, -0.05) is 12.1 Å².